The second-order valence-electron chi connectivity index (χ2n) is 7.28. The van der Waals surface area contributed by atoms with Gasteiger partial charge in [-0.2, -0.15) is 0 Å². The largest absolute Gasteiger partial charge is 0.342 e. The van der Waals surface area contributed by atoms with Crippen molar-refractivity contribution in [3.05, 3.63) is 29.3 Å². The quantitative estimate of drug-likeness (QED) is 0.839. The maximum atomic E-state index is 12.9. The van der Waals surface area contributed by atoms with Gasteiger partial charge in [0.25, 0.3) is 0 Å². The number of aryl methyl sites for hydroxylation is 2. The number of nitrogens with zero attached hydrogens (tertiary/aromatic N) is 2. The lowest BCUT2D eigenvalue weighted by Crippen LogP contribution is -2.38. The Morgan fingerprint density at radius 1 is 1.04 bits per heavy atom. The van der Waals surface area contributed by atoms with Gasteiger partial charge >= 0.3 is 0 Å². The van der Waals surface area contributed by atoms with E-state index in [2.05, 4.69) is 32.0 Å². The molecule has 3 rings (SSSR count). The average molecular weight is 342 g/mol. The Bertz CT molecular complexity index is 611. The van der Waals surface area contributed by atoms with E-state index >= 15 is 0 Å². The van der Waals surface area contributed by atoms with E-state index in [0.717, 1.165) is 44.5 Å². The molecular formula is C21H30N2O2. The van der Waals surface area contributed by atoms with Crippen molar-refractivity contribution >= 4 is 17.5 Å². The lowest BCUT2D eigenvalue weighted by atomic mass is 10.0. The lowest BCUT2D eigenvalue weighted by molar-refractivity contribution is -0.135. The first-order valence-electron chi connectivity index (χ1n) is 9.85. The van der Waals surface area contributed by atoms with E-state index < -0.39 is 0 Å². The standard InChI is InChI=1S/C21H30N2O2/c1-3-16-10-9-11-17(4-2)20(16)23-15-18(14-19(23)24)21(25)22-12-7-5-6-8-13-22/h9-11,18H,3-8,12-15H2,1-2H3. The molecule has 1 atom stereocenters. The molecule has 2 heterocycles. The molecule has 0 aromatic heterocycles. The van der Waals surface area contributed by atoms with Gasteiger partial charge < -0.3 is 9.80 Å². The van der Waals surface area contributed by atoms with Gasteiger partial charge in [0.2, 0.25) is 11.8 Å². The summed E-state index contributed by atoms with van der Waals surface area (Å²) in [5.41, 5.74) is 3.47. The van der Waals surface area contributed by atoms with Gasteiger partial charge in [0.15, 0.2) is 0 Å². The summed E-state index contributed by atoms with van der Waals surface area (Å²) in [7, 11) is 0. The summed E-state index contributed by atoms with van der Waals surface area (Å²) >= 11 is 0. The molecule has 2 saturated heterocycles. The predicted octanol–water partition coefficient (Wildman–Crippen LogP) is 3.57. The zero-order chi connectivity index (χ0) is 17.8. The smallest absolute Gasteiger partial charge is 0.228 e. The van der Waals surface area contributed by atoms with Crippen LogP contribution in [0.2, 0.25) is 0 Å². The number of benzene rings is 1. The number of rotatable bonds is 4. The zero-order valence-electron chi connectivity index (χ0n) is 15.6. The summed E-state index contributed by atoms with van der Waals surface area (Å²) in [6, 6.07) is 6.28. The van der Waals surface area contributed by atoms with Crippen molar-refractivity contribution in [3.8, 4) is 0 Å². The third kappa shape index (κ3) is 3.73. The Morgan fingerprint density at radius 3 is 2.20 bits per heavy atom. The first kappa shape index (κ1) is 18.0. The van der Waals surface area contributed by atoms with Crippen molar-refractivity contribution in [3.63, 3.8) is 0 Å². The van der Waals surface area contributed by atoms with Crippen molar-refractivity contribution in [2.24, 2.45) is 5.92 Å². The second kappa shape index (κ2) is 8.03. The van der Waals surface area contributed by atoms with Crippen molar-refractivity contribution in [1.29, 1.82) is 0 Å². The number of carbonyl (C=O) groups excluding carboxylic acids is 2. The average Bonchev–Trinajstić information content (AvgIpc) is 2.85. The van der Waals surface area contributed by atoms with E-state index in [9.17, 15) is 9.59 Å². The van der Waals surface area contributed by atoms with Crippen LogP contribution in [-0.4, -0.2) is 36.3 Å². The number of anilines is 1. The van der Waals surface area contributed by atoms with E-state index in [1.165, 1.54) is 24.0 Å². The molecule has 2 fully saturated rings. The molecule has 0 N–H and O–H groups in total. The Labute approximate surface area is 151 Å². The van der Waals surface area contributed by atoms with E-state index in [1.54, 1.807) is 0 Å². The fourth-order valence-corrected chi connectivity index (χ4v) is 4.20. The van der Waals surface area contributed by atoms with Gasteiger partial charge in [-0.1, -0.05) is 44.9 Å². The monoisotopic (exact) mass is 342 g/mol. The Balaban J connectivity index is 1.80. The van der Waals surface area contributed by atoms with E-state index in [0.29, 0.717) is 13.0 Å². The van der Waals surface area contributed by atoms with E-state index in [4.69, 9.17) is 0 Å². The zero-order valence-corrected chi connectivity index (χ0v) is 15.6. The van der Waals surface area contributed by atoms with Crippen LogP contribution in [0.4, 0.5) is 5.69 Å². The summed E-state index contributed by atoms with van der Waals surface area (Å²) < 4.78 is 0. The summed E-state index contributed by atoms with van der Waals surface area (Å²) in [5.74, 6) is 0.105. The van der Waals surface area contributed by atoms with Crippen LogP contribution in [0.3, 0.4) is 0 Å². The first-order valence-corrected chi connectivity index (χ1v) is 9.85. The van der Waals surface area contributed by atoms with Gasteiger partial charge in [0.05, 0.1) is 5.92 Å². The van der Waals surface area contributed by atoms with Crippen LogP contribution >= 0.6 is 0 Å². The Kier molecular flexibility index (Phi) is 5.77. The molecule has 2 aliphatic heterocycles. The maximum Gasteiger partial charge on any atom is 0.228 e. The van der Waals surface area contributed by atoms with Gasteiger partial charge in [0.1, 0.15) is 0 Å². The molecule has 0 aliphatic carbocycles. The van der Waals surface area contributed by atoms with Gasteiger partial charge in [-0.25, -0.2) is 0 Å². The highest BCUT2D eigenvalue weighted by atomic mass is 16.2. The third-order valence-electron chi connectivity index (χ3n) is 5.63. The van der Waals surface area contributed by atoms with Crippen molar-refractivity contribution in [2.45, 2.75) is 58.8 Å². The molecule has 1 aromatic rings. The number of carbonyl (C=O) groups is 2. The first-order chi connectivity index (χ1) is 12.2. The van der Waals surface area contributed by atoms with Crippen LogP contribution in [0.5, 0.6) is 0 Å². The number of likely N-dealkylation sites (tertiary alicyclic amines) is 1. The second-order valence-corrected chi connectivity index (χ2v) is 7.28. The normalized spacial score (nSPS) is 21.5. The summed E-state index contributed by atoms with van der Waals surface area (Å²) in [4.78, 5) is 29.6. The maximum absolute atomic E-state index is 12.9. The minimum absolute atomic E-state index is 0.101. The van der Waals surface area contributed by atoms with Crippen molar-refractivity contribution in [1.82, 2.24) is 4.90 Å². The van der Waals surface area contributed by atoms with Crippen LogP contribution in [0.25, 0.3) is 0 Å². The summed E-state index contributed by atoms with van der Waals surface area (Å²) in [6.45, 7) is 6.50. The fraction of sp³-hybridized carbons (Fsp3) is 0.619. The topological polar surface area (TPSA) is 40.6 Å². The summed E-state index contributed by atoms with van der Waals surface area (Å²) in [5, 5.41) is 0. The molecule has 2 amide bonds. The molecular weight excluding hydrogens is 312 g/mol. The number of para-hydroxylation sites is 1. The Hall–Kier alpha value is -1.84. The van der Waals surface area contributed by atoms with Gasteiger partial charge in [-0.15, -0.1) is 0 Å². The van der Waals surface area contributed by atoms with Crippen LogP contribution in [-0.2, 0) is 22.4 Å². The van der Waals surface area contributed by atoms with Gasteiger partial charge in [-0.3, -0.25) is 9.59 Å². The number of amides is 2. The minimum Gasteiger partial charge on any atom is -0.342 e. The van der Waals surface area contributed by atoms with Crippen molar-refractivity contribution in [2.75, 3.05) is 24.5 Å². The van der Waals surface area contributed by atoms with Crippen LogP contribution in [0.1, 0.15) is 57.1 Å². The van der Waals surface area contributed by atoms with Crippen LogP contribution in [0, 0.1) is 5.92 Å². The van der Waals surface area contributed by atoms with Crippen LogP contribution < -0.4 is 4.90 Å². The van der Waals surface area contributed by atoms with E-state index in [-0.39, 0.29) is 17.7 Å². The van der Waals surface area contributed by atoms with Crippen molar-refractivity contribution < 1.29 is 9.59 Å². The highest BCUT2D eigenvalue weighted by Crippen LogP contribution is 2.33. The SMILES string of the molecule is CCc1cccc(CC)c1N1CC(C(=O)N2CCCCCC2)CC1=O. The molecule has 0 bridgehead atoms. The molecule has 0 saturated carbocycles. The molecule has 2 aliphatic rings. The lowest BCUT2D eigenvalue weighted by Gasteiger charge is -2.25. The molecule has 1 aromatic carbocycles. The van der Waals surface area contributed by atoms with Gasteiger partial charge in [0, 0.05) is 31.7 Å². The molecule has 4 nitrogen and oxygen atoms in total. The molecule has 4 heteroatoms. The highest BCUT2D eigenvalue weighted by Gasteiger charge is 2.38. The molecule has 25 heavy (non-hydrogen) atoms. The molecule has 0 spiro atoms. The molecule has 136 valence electrons. The molecule has 1 unspecified atom stereocenters. The minimum atomic E-state index is -0.180. The van der Waals surface area contributed by atoms with Crippen LogP contribution in [0.15, 0.2) is 18.2 Å². The van der Waals surface area contributed by atoms with Gasteiger partial charge in [-0.05, 0) is 36.8 Å². The third-order valence-corrected chi connectivity index (χ3v) is 5.63. The summed E-state index contributed by atoms with van der Waals surface area (Å²) in [6.07, 6.45) is 6.77. The molecule has 0 radical (unpaired) electrons. The number of hydrogen-bond acceptors (Lipinski definition) is 2. The van der Waals surface area contributed by atoms with E-state index in [1.807, 2.05) is 9.80 Å². The fourth-order valence-electron chi connectivity index (χ4n) is 4.20. The number of hydrogen-bond donors (Lipinski definition) is 0. The predicted molar refractivity (Wildman–Crippen MR) is 101 cm³/mol. The highest BCUT2D eigenvalue weighted by molar-refractivity contribution is 6.01. The Morgan fingerprint density at radius 2 is 1.64 bits per heavy atom.